The van der Waals surface area contributed by atoms with E-state index >= 15 is 0 Å². The molecular weight excluding hydrogens is 292 g/mol. The van der Waals surface area contributed by atoms with Gasteiger partial charge in [0.2, 0.25) is 5.89 Å². The van der Waals surface area contributed by atoms with Crippen molar-refractivity contribution in [2.75, 3.05) is 20.2 Å². The van der Waals surface area contributed by atoms with Crippen LogP contribution in [0.5, 0.6) is 0 Å². The molecule has 0 aliphatic carbocycles. The fourth-order valence-electron chi connectivity index (χ4n) is 2.00. The molecule has 0 spiro atoms. The van der Waals surface area contributed by atoms with Crippen molar-refractivity contribution in [3.8, 4) is 0 Å². The average Bonchev–Trinajstić information content (AvgIpc) is 2.89. The van der Waals surface area contributed by atoms with E-state index in [9.17, 15) is 0 Å². The molecule has 6 nitrogen and oxygen atoms in total. The minimum absolute atomic E-state index is 0.499. The third-order valence-corrected chi connectivity index (χ3v) is 3.35. The van der Waals surface area contributed by atoms with Crippen molar-refractivity contribution in [1.82, 2.24) is 15.6 Å². The summed E-state index contributed by atoms with van der Waals surface area (Å²) < 4.78 is 11.1. The van der Waals surface area contributed by atoms with E-state index in [1.54, 1.807) is 7.05 Å². The topological polar surface area (TPSA) is 71.7 Å². The standard InChI is InChI=1S/C17H24N4O2/c1-13-14(2)23-16(21-13)11-20-17(18-3)19-9-10-22-12-15-7-5-4-6-8-15/h4-8H,9-12H2,1-3H3,(H2,18,19,20). The number of guanidine groups is 1. The highest BCUT2D eigenvalue weighted by molar-refractivity contribution is 5.79. The van der Waals surface area contributed by atoms with Gasteiger partial charge >= 0.3 is 0 Å². The van der Waals surface area contributed by atoms with Crippen molar-refractivity contribution < 1.29 is 9.15 Å². The predicted octanol–water partition coefficient (Wildman–Crippen LogP) is 2.17. The third-order valence-electron chi connectivity index (χ3n) is 3.35. The smallest absolute Gasteiger partial charge is 0.214 e. The average molecular weight is 316 g/mol. The Morgan fingerprint density at radius 1 is 1.22 bits per heavy atom. The summed E-state index contributed by atoms with van der Waals surface area (Å²) in [7, 11) is 1.73. The molecule has 2 rings (SSSR count). The summed E-state index contributed by atoms with van der Waals surface area (Å²) >= 11 is 0. The molecule has 0 saturated carbocycles. The first-order chi connectivity index (χ1) is 11.2. The maximum absolute atomic E-state index is 5.62. The van der Waals surface area contributed by atoms with E-state index in [-0.39, 0.29) is 0 Å². The summed E-state index contributed by atoms with van der Waals surface area (Å²) in [5, 5.41) is 6.35. The van der Waals surface area contributed by atoms with Crippen LogP contribution in [0.1, 0.15) is 22.9 Å². The lowest BCUT2D eigenvalue weighted by Crippen LogP contribution is -2.38. The molecule has 23 heavy (non-hydrogen) atoms. The molecule has 0 aliphatic heterocycles. The van der Waals surface area contributed by atoms with Gasteiger partial charge in [-0.05, 0) is 19.4 Å². The lowest BCUT2D eigenvalue weighted by molar-refractivity contribution is 0.125. The van der Waals surface area contributed by atoms with E-state index in [1.807, 2.05) is 44.2 Å². The van der Waals surface area contributed by atoms with Crippen molar-refractivity contribution >= 4 is 5.96 Å². The molecule has 2 aromatic rings. The first kappa shape index (κ1) is 17.0. The quantitative estimate of drug-likeness (QED) is 0.465. The zero-order valence-electron chi connectivity index (χ0n) is 13.9. The van der Waals surface area contributed by atoms with Crippen LogP contribution in [0.25, 0.3) is 0 Å². The normalized spacial score (nSPS) is 11.5. The van der Waals surface area contributed by atoms with E-state index in [4.69, 9.17) is 9.15 Å². The van der Waals surface area contributed by atoms with Crippen LogP contribution in [-0.2, 0) is 17.9 Å². The van der Waals surface area contributed by atoms with Gasteiger partial charge in [-0.15, -0.1) is 0 Å². The SMILES string of the molecule is CN=C(NCCOCc1ccccc1)NCc1nc(C)c(C)o1. The van der Waals surface area contributed by atoms with Crippen LogP contribution in [0.2, 0.25) is 0 Å². The van der Waals surface area contributed by atoms with E-state index in [0.717, 1.165) is 11.5 Å². The molecule has 1 heterocycles. The van der Waals surface area contributed by atoms with Gasteiger partial charge in [0.1, 0.15) is 5.76 Å². The Balaban J connectivity index is 1.63. The van der Waals surface area contributed by atoms with Crippen molar-refractivity contribution in [3.63, 3.8) is 0 Å². The predicted molar refractivity (Wildman–Crippen MR) is 90.3 cm³/mol. The lowest BCUT2D eigenvalue weighted by Gasteiger charge is -2.11. The molecule has 1 aromatic heterocycles. The van der Waals surface area contributed by atoms with Crippen LogP contribution in [0.4, 0.5) is 0 Å². The number of ether oxygens (including phenoxy) is 1. The Morgan fingerprint density at radius 2 is 2.00 bits per heavy atom. The van der Waals surface area contributed by atoms with Gasteiger partial charge in [0.05, 0.1) is 25.5 Å². The third kappa shape index (κ3) is 5.75. The number of rotatable bonds is 7. The Hall–Kier alpha value is -2.34. The zero-order chi connectivity index (χ0) is 16.5. The summed E-state index contributed by atoms with van der Waals surface area (Å²) in [6, 6.07) is 10.1. The number of nitrogens with one attached hydrogen (secondary N) is 2. The van der Waals surface area contributed by atoms with Crippen LogP contribution in [0.15, 0.2) is 39.7 Å². The Morgan fingerprint density at radius 3 is 2.65 bits per heavy atom. The minimum atomic E-state index is 0.499. The van der Waals surface area contributed by atoms with Crippen LogP contribution in [-0.4, -0.2) is 31.1 Å². The second-order valence-corrected chi connectivity index (χ2v) is 5.14. The first-order valence-corrected chi connectivity index (χ1v) is 7.68. The zero-order valence-corrected chi connectivity index (χ0v) is 13.9. The van der Waals surface area contributed by atoms with E-state index < -0.39 is 0 Å². The monoisotopic (exact) mass is 316 g/mol. The molecule has 0 saturated heterocycles. The van der Waals surface area contributed by atoms with Gasteiger partial charge in [-0.25, -0.2) is 4.98 Å². The van der Waals surface area contributed by atoms with E-state index in [0.29, 0.717) is 38.2 Å². The van der Waals surface area contributed by atoms with Crippen molar-refractivity contribution in [2.24, 2.45) is 4.99 Å². The summed E-state index contributed by atoms with van der Waals surface area (Å²) in [5.41, 5.74) is 2.09. The largest absolute Gasteiger partial charge is 0.444 e. The van der Waals surface area contributed by atoms with Gasteiger partial charge < -0.3 is 19.8 Å². The second kappa shape index (κ2) is 8.95. The molecule has 0 unspecified atom stereocenters. The summed E-state index contributed by atoms with van der Waals surface area (Å²) in [6.07, 6.45) is 0. The number of hydrogen-bond donors (Lipinski definition) is 2. The Labute approximate surface area is 137 Å². The number of nitrogens with zero attached hydrogens (tertiary/aromatic N) is 2. The summed E-state index contributed by atoms with van der Waals surface area (Å²) in [6.45, 7) is 6.23. The highest BCUT2D eigenvalue weighted by atomic mass is 16.5. The maximum Gasteiger partial charge on any atom is 0.214 e. The number of hydrogen-bond acceptors (Lipinski definition) is 4. The highest BCUT2D eigenvalue weighted by Gasteiger charge is 2.06. The second-order valence-electron chi connectivity index (χ2n) is 5.14. The van der Waals surface area contributed by atoms with Gasteiger partial charge in [-0.2, -0.15) is 0 Å². The maximum atomic E-state index is 5.62. The molecule has 0 fully saturated rings. The first-order valence-electron chi connectivity index (χ1n) is 7.68. The number of oxazole rings is 1. The summed E-state index contributed by atoms with van der Waals surface area (Å²) in [4.78, 5) is 8.48. The van der Waals surface area contributed by atoms with Crippen molar-refractivity contribution in [2.45, 2.75) is 27.0 Å². The number of aryl methyl sites for hydroxylation is 2. The van der Waals surface area contributed by atoms with Gasteiger partial charge in [-0.3, -0.25) is 4.99 Å². The summed E-state index contributed by atoms with van der Waals surface area (Å²) in [5.74, 6) is 2.20. The molecule has 2 N–H and O–H groups in total. The minimum Gasteiger partial charge on any atom is -0.444 e. The molecule has 6 heteroatoms. The fraction of sp³-hybridized carbons (Fsp3) is 0.412. The van der Waals surface area contributed by atoms with Crippen LogP contribution in [0, 0.1) is 13.8 Å². The van der Waals surface area contributed by atoms with Gasteiger partial charge in [0.15, 0.2) is 5.96 Å². The molecule has 0 bridgehead atoms. The van der Waals surface area contributed by atoms with E-state index in [2.05, 4.69) is 20.6 Å². The number of benzene rings is 1. The van der Waals surface area contributed by atoms with Crippen LogP contribution in [0.3, 0.4) is 0 Å². The van der Waals surface area contributed by atoms with E-state index in [1.165, 1.54) is 5.56 Å². The van der Waals surface area contributed by atoms with Crippen molar-refractivity contribution in [1.29, 1.82) is 0 Å². The lowest BCUT2D eigenvalue weighted by atomic mass is 10.2. The van der Waals surface area contributed by atoms with Crippen LogP contribution >= 0.6 is 0 Å². The fourth-order valence-corrected chi connectivity index (χ4v) is 2.00. The van der Waals surface area contributed by atoms with Gasteiger partial charge in [0.25, 0.3) is 0 Å². The highest BCUT2D eigenvalue weighted by Crippen LogP contribution is 2.07. The molecule has 0 radical (unpaired) electrons. The molecule has 0 atom stereocenters. The Kier molecular flexibility index (Phi) is 6.62. The number of aromatic nitrogens is 1. The van der Waals surface area contributed by atoms with Gasteiger partial charge in [-0.1, -0.05) is 30.3 Å². The van der Waals surface area contributed by atoms with Crippen LogP contribution < -0.4 is 10.6 Å². The molecular formula is C17H24N4O2. The number of aliphatic imine (C=N–C) groups is 1. The van der Waals surface area contributed by atoms with Crippen molar-refractivity contribution in [3.05, 3.63) is 53.2 Å². The molecule has 1 aromatic carbocycles. The molecule has 124 valence electrons. The molecule has 0 aliphatic rings. The Bertz CT molecular complexity index is 603. The molecule has 0 amide bonds. The van der Waals surface area contributed by atoms with Gasteiger partial charge in [0, 0.05) is 13.6 Å².